The quantitative estimate of drug-likeness (QED) is 0.902. The summed E-state index contributed by atoms with van der Waals surface area (Å²) >= 11 is 0. The summed E-state index contributed by atoms with van der Waals surface area (Å²) in [6.45, 7) is 3.74. The minimum atomic E-state index is -4.56. The summed E-state index contributed by atoms with van der Waals surface area (Å²) in [5.74, 6) is -0.507. The third kappa shape index (κ3) is 4.41. The van der Waals surface area contributed by atoms with Crippen molar-refractivity contribution in [1.82, 2.24) is 9.97 Å². The Hall–Kier alpha value is -2.64. The standard InChI is InChI=1S/C15H15F3N4O/c1-9(2)20-14-19-8-7-12(22-14)13(23)21-11-6-4-3-5-10(11)15(16,17)18/h3-9H,1-2H3,(H,21,23)(H,19,20,22). The van der Waals surface area contributed by atoms with Gasteiger partial charge in [0.2, 0.25) is 5.95 Å². The number of benzene rings is 1. The Morgan fingerprint density at radius 3 is 2.52 bits per heavy atom. The van der Waals surface area contributed by atoms with Crippen molar-refractivity contribution in [2.75, 3.05) is 10.6 Å². The van der Waals surface area contributed by atoms with Gasteiger partial charge in [-0.05, 0) is 32.0 Å². The fraction of sp³-hybridized carbons (Fsp3) is 0.267. The summed E-state index contributed by atoms with van der Waals surface area (Å²) < 4.78 is 38.8. The lowest BCUT2D eigenvalue weighted by Crippen LogP contribution is -2.19. The molecule has 0 saturated heterocycles. The Labute approximate surface area is 131 Å². The molecule has 0 aliphatic heterocycles. The molecule has 0 bridgehead atoms. The highest BCUT2D eigenvalue weighted by molar-refractivity contribution is 6.03. The number of aromatic nitrogens is 2. The summed E-state index contributed by atoms with van der Waals surface area (Å²) in [6.07, 6.45) is -3.19. The molecule has 1 aromatic heterocycles. The molecule has 0 atom stereocenters. The van der Waals surface area contributed by atoms with Gasteiger partial charge in [0.15, 0.2) is 0 Å². The molecule has 2 rings (SSSR count). The van der Waals surface area contributed by atoms with E-state index in [1.54, 1.807) is 0 Å². The first-order valence-electron chi connectivity index (χ1n) is 6.84. The van der Waals surface area contributed by atoms with Gasteiger partial charge >= 0.3 is 6.18 Å². The van der Waals surface area contributed by atoms with E-state index < -0.39 is 17.6 Å². The van der Waals surface area contributed by atoms with Gasteiger partial charge in [0.1, 0.15) is 5.69 Å². The molecule has 0 saturated carbocycles. The first-order chi connectivity index (χ1) is 10.8. The van der Waals surface area contributed by atoms with Crippen molar-refractivity contribution in [3.63, 3.8) is 0 Å². The van der Waals surface area contributed by atoms with Crippen LogP contribution in [0.2, 0.25) is 0 Å². The van der Waals surface area contributed by atoms with Gasteiger partial charge in [0.25, 0.3) is 5.91 Å². The number of nitrogens with zero attached hydrogens (tertiary/aromatic N) is 2. The minimum Gasteiger partial charge on any atom is -0.352 e. The van der Waals surface area contributed by atoms with Gasteiger partial charge in [-0.2, -0.15) is 13.2 Å². The summed E-state index contributed by atoms with van der Waals surface area (Å²) in [5, 5.41) is 5.15. The van der Waals surface area contributed by atoms with Gasteiger partial charge in [0, 0.05) is 12.2 Å². The Kier molecular flexibility index (Phi) is 4.83. The van der Waals surface area contributed by atoms with Gasteiger partial charge in [-0.15, -0.1) is 0 Å². The molecule has 5 nitrogen and oxygen atoms in total. The second-order valence-electron chi connectivity index (χ2n) is 5.06. The van der Waals surface area contributed by atoms with E-state index in [-0.39, 0.29) is 23.4 Å². The molecule has 1 aromatic carbocycles. The second-order valence-corrected chi connectivity index (χ2v) is 5.06. The normalized spacial score (nSPS) is 11.4. The zero-order valence-corrected chi connectivity index (χ0v) is 12.5. The van der Waals surface area contributed by atoms with Crippen molar-refractivity contribution in [2.45, 2.75) is 26.1 Å². The van der Waals surface area contributed by atoms with Crippen LogP contribution in [0.3, 0.4) is 0 Å². The van der Waals surface area contributed by atoms with Gasteiger partial charge in [-0.25, -0.2) is 9.97 Å². The number of hydrogen-bond acceptors (Lipinski definition) is 4. The molecule has 122 valence electrons. The van der Waals surface area contributed by atoms with Crippen LogP contribution < -0.4 is 10.6 Å². The van der Waals surface area contributed by atoms with E-state index in [9.17, 15) is 18.0 Å². The highest BCUT2D eigenvalue weighted by Gasteiger charge is 2.33. The maximum absolute atomic E-state index is 12.9. The van der Waals surface area contributed by atoms with Crippen molar-refractivity contribution in [3.8, 4) is 0 Å². The van der Waals surface area contributed by atoms with Crippen LogP contribution in [-0.4, -0.2) is 21.9 Å². The number of rotatable bonds is 4. The average Bonchev–Trinajstić information content (AvgIpc) is 2.46. The SMILES string of the molecule is CC(C)Nc1nccc(C(=O)Nc2ccccc2C(F)(F)F)n1. The van der Waals surface area contributed by atoms with Crippen LogP contribution in [0.15, 0.2) is 36.5 Å². The monoisotopic (exact) mass is 324 g/mol. The third-order valence-electron chi connectivity index (χ3n) is 2.79. The van der Waals surface area contributed by atoms with E-state index in [1.807, 2.05) is 13.8 Å². The topological polar surface area (TPSA) is 66.9 Å². The highest BCUT2D eigenvalue weighted by Crippen LogP contribution is 2.34. The molecule has 0 radical (unpaired) electrons. The van der Waals surface area contributed by atoms with Crippen molar-refractivity contribution >= 4 is 17.5 Å². The predicted molar refractivity (Wildman–Crippen MR) is 80.2 cm³/mol. The fourth-order valence-electron chi connectivity index (χ4n) is 1.84. The number of alkyl halides is 3. The maximum atomic E-state index is 12.9. The lowest BCUT2D eigenvalue weighted by molar-refractivity contribution is -0.136. The minimum absolute atomic E-state index is 0.0277. The van der Waals surface area contributed by atoms with Crippen molar-refractivity contribution in [1.29, 1.82) is 0 Å². The molecule has 0 unspecified atom stereocenters. The molecular formula is C15H15F3N4O. The number of anilines is 2. The maximum Gasteiger partial charge on any atom is 0.418 e. The molecule has 0 fully saturated rings. The van der Waals surface area contributed by atoms with E-state index in [0.717, 1.165) is 6.07 Å². The van der Waals surface area contributed by atoms with Crippen molar-refractivity contribution in [2.24, 2.45) is 0 Å². The zero-order valence-electron chi connectivity index (χ0n) is 12.5. The van der Waals surface area contributed by atoms with E-state index >= 15 is 0 Å². The number of para-hydroxylation sites is 1. The molecule has 0 aliphatic carbocycles. The summed E-state index contributed by atoms with van der Waals surface area (Å²) in [4.78, 5) is 20.1. The van der Waals surface area contributed by atoms with Crippen LogP contribution in [0, 0.1) is 0 Å². The van der Waals surface area contributed by atoms with Crippen LogP contribution in [0.1, 0.15) is 29.9 Å². The van der Waals surface area contributed by atoms with Crippen molar-refractivity contribution in [3.05, 3.63) is 47.8 Å². The molecule has 23 heavy (non-hydrogen) atoms. The summed E-state index contributed by atoms with van der Waals surface area (Å²) in [5.41, 5.74) is -1.26. The van der Waals surface area contributed by atoms with Crippen LogP contribution in [0.25, 0.3) is 0 Å². The lowest BCUT2D eigenvalue weighted by atomic mass is 10.1. The molecule has 2 aromatic rings. The zero-order chi connectivity index (χ0) is 17.0. The Bertz CT molecular complexity index is 701. The Morgan fingerprint density at radius 1 is 1.17 bits per heavy atom. The third-order valence-corrected chi connectivity index (χ3v) is 2.79. The van der Waals surface area contributed by atoms with Gasteiger partial charge in [-0.3, -0.25) is 4.79 Å². The Morgan fingerprint density at radius 2 is 1.87 bits per heavy atom. The number of hydrogen-bond donors (Lipinski definition) is 2. The van der Waals surface area contributed by atoms with E-state index in [4.69, 9.17) is 0 Å². The first-order valence-corrected chi connectivity index (χ1v) is 6.84. The summed E-state index contributed by atoms with van der Waals surface area (Å²) in [7, 11) is 0. The van der Waals surface area contributed by atoms with Crippen LogP contribution in [0.4, 0.5) is 24.8 Å². The van der Waals surface area contributed by atoms with Crippen molar-refractivity contribution < 1.29 is 18.0 Å². The van der Waals surface area contributed by atoms with E-state index in [2.05, 4.69) is 20.6 Å². The Balaban J connectivity index is 2.23. The van der Waals surface area contributed by atoms with E-state index in [0.29, 0.717) is 0 Å². The number of halogens is 3. The molecule has 0 aliphatic rings. The van der Waals surface area contributed by atoms with Gasteiger partial charge in [0.05, 0.1) is 11.3 Å². The average molecular weight is 324 g/mol. The second kappa shape index (κ2) is 6.64. The largest absolute Gasteiger partial charge is 0.418 e. The first kappa shape index (κ1) is 16.7. The van der Waals surface area contributed by atoms with Crippen LogP contribution in [0.5, 0.6) is 0 Å². The number of carbonyl (C=O) groups is 1. The van der Waals surface area contributed by atoms with E-state index in [1.165, 1.54) is 30.5 Å². The van der Waals surface area contributed by atoms with Gasteiger partial charge in [-0.1, -0.05) is 12.1 Å². The molecular weight excluding hydrogens is 309 g/mol. The smallest absolute Gasteiger partial charge is 0.352 e. The molecule has 0 spiro atoms. The highest BCUT2D eigenvalue weighted by atomic mass is 19.4. The number of amides is 1. The number of nitrogens with one attached hydrogen (secondary N) is 2. The summed E-state index contributed by atoms with van der Waals surface area (Å²) in [6, 6.07) is 6.15. The molecule has 1 heterocycles. The molecule has 8 heteroatoms. The predicted octanol–water partition coefficient (Wildman–Crippen LogP) is 3.57. The molecule has 1 amide bonds. The van der Waals surface area contributed by atoms with Gasteiger partial charge < -0.3 is 10.6 Å². The van der Waals surface area contributed by atoms with Crippen LogP contribution in [-0.2, 0) is 6.18 Å². The van der Waals surface area contributed by atoms with Crippen LogP contribution >= 0.6 is 0 Å². The number of carbonyl (C=O) groups excluding carboxylic acids is 1. The molecule has 2 N–H and O–H groups in total. The lowest BCUT2D eigenvalue weighted by Gasteiger charge is -2.13. The fourth-order valence-corrected chi connectivity index (χ4v) is 1.84.